The largest absolute Gasteiger partial charge is 0.491 e. The molecule has 0 spiro atoms. The number of aliphatic hydroxyl groups excluding tert-OH is 2. The number of aromatic nitrogens is 1. The maximum Gasteiger partial charge on any atom is 0.172 e. The Balaban J connectivity index is 1.59. The van der Waals surface area contributed by atoms with Crippen molar-refractivity contribution < 1.29 is 24.4 Å². The summed E-state index contributed by atoms with van der Waals surface area (Å²) in [5.74, 6) is 0.769. The second-order valence-electron chi connectivity index (χ2n) is 7.26. The molecule has 6 heteroatoms. The van der Waals surface area contributed by atoms with Crippen LogP contribution in [0.5, 0.6) is 11.5 Å². The number of pyridine rings is 1. The fourth-order valence-electron chi connectivity index (χ4n) is 3.38. The van der Waals surface area contributed by atoms with Crippen molar-refractivity contribution in [2.75, 3.05) is 13.2 Å². The number of rotatable bonds is 8. The molecule has 3 aromatic carbocycles. The summed E-state index contributed by atoms with van der Waals surface area (Å²) in [6, 6.07) is 24.3. The smallest absolute Gasteiger partial charge is 0.172 e. The van der Waals surface area contributed by atoms with Crippen LogP contribution in [0.3, 0.4) is 0 Å². The van der Waals surface area contributed by atoms with Crippen molar-refractivity contribution in [3.05, 3.63) is 90.0 Å². The van der Waals surface area contributed by atoms with E-state index in [0.717, 1.165) is 33.3 Å². The summed E-state index contributed by atoms with van der Waals surface area (Å²) in [7, 11) is 0. The third kappa shape index (κ3) is 4.99. The summed E-state index contributed by atoms with van der Waals surface area (Å²) in [5.41, 5.74) is 4.56. The summed E-state index contributed by atoms with van der Waals surface area (Å²) in [6.45, 7) is -0.292. The molecular formula is C25H22FNO4. The van der Waals surface area contributed by atoms with Crippen molar-refractivity contribution in [3.8, 4) is 22.8 Å². The fraction of sp³-hybridized carbons (Fsp3) is 0.160. The molecule has 0 saturated carbocycles. The SMILES string of the molecule is OCC(O)COc1ccc(Cc2cccc3ccc(-c4cccc(OF)c4)nc23)cc1. The minimum absolute atomic E-state index is 0.0422. The second-order valence-corrected chi connectivity index (χ2v) is 7.26. The van der Waals surface area contributed by atoms with Crippen LogP contribution in [0.1, 0.15) is 11.1 Å². The number of fused-ring (bicyclic) bond motifs is 1. The average Bonchev–Trinajstić information content (AvgIpc) is 2.83. The van der Waals surface area contributed by atoms with Gasteiger partial charge in [0.15, 0.2) is 5.75 Å². The van der Waals surface area contributed by atoms with Gasteiger partial charge in [0.05, 0.1) is 17.8 Å². The highest BCUT2D eigenvalue weighted by Gasteiger charge is 2.09. The Kier molecular flexibility index (Phi) is 6.40. The molecule has 0 aliphatic heterocycles. The molecule has 0 bridgehead atoms. The Morgan fingerprint density at radius 1 is 0.903 bits per heavy atom. The average molecular weight is 419 g/mol. The van der Waals surface area contributed by atoms with Gasteiger partial charge in [-0.25, -0.2) is 4.98 Å². The first kappa shape index (κ1) is 20.8. The van der Waals surface area contributed by atoms with E-state index in [1.165, 1.54) is 0 Å². The third-order valence-electron chi connectivity index (χ3n) is 4.99. The van der Waals surface area contributed by atoms with Crippen molar-refractivity contribution in [2.45, 2.75) is 12.5 Å². The van der Waals surface area contributed by atoms with Crippen LogP contribution in [0.15, 0.2) is 78.9 Å². The first-order valence-electron chi connectivity index (χ1n) is 9.94. The van der Waals surface area contributed by atoms with E-state index in [4.69, 9.17) is 14.8 Å². The molecule has 31 heavy (non-hydrogen) atoms. The molecule has 158 valence electrons. The van der Waals surface area contributed by atoms with Crippen molar-refractivity contribution >= 4 is 10.9 Å². The molecule has 5 nitrogen and oxygen atoms in total. The quantitative estimate of drug-likeness (QED) is 0.440. The summed E-state index contributed by atoms with van der Waals surface area (Å²) < 4.78 is 18.0. The van der Waals surface area contributed by atoms with E-state index < -0.39 is 6.10 Å². The maximum atomic E-state index is 12.6. The van der Waals surface area contributed by atoms with Crippen molar-refractivity contribution in [1.29, 1.82) is 0 Å². The lowest BCUT2D eigenvalue weighted by atomic mass is 10.0. The van der Waals surface area contributed by atoms with Gasteiger partial charge in [0.1, 0.15) is 18.5 Å². The van der Waals surface area contributed by atoms with Crippen molar-refractivity contribution in [2.24, 2.45) is 0 Å². The molecule has 2 N–H and O–H groups in total. The van der Waals surface area contributed by atoms with Gasteiger partial charge in [0, 0.05) is 15.5 Å². The number of para-hydroxylation sites is 1. The Labute approximate surface area is 179 Å². The van der Waals surface area contributed by atoms with Crippen LogP contribution in [0.2, 0.25) is 0 Å². The van der Waals surface area contributed by atoms with Crippen LogP contribution < -0.4 is 9.68 Å². The molecular weight excluding hydrogens is 397 g/mol. The summed E-state index contributed by atoms with van der Waals surface area (Å²) in [4.78, 5) is 8.69. The lowest BCUT2D eigenvalue weighted by Gasteiger charge is -2.11. The van der Waals surface area contributed by atoms with E-state index in [1.807, 2.05) is 60.7 Å². The highest BCUT2D eigenvalue weighted by molar-refractivity contribution is 5.84. The van der Waals surface area contributed by atoms with Gasteiger partial charge in [-0.1, -0.05) is 48.5 Å². The van der Waals surface area contributed by atoms with Gasteiger partial charge in [-0.05, 0) is 47.9 Å². The van der Waals surface area contributed by atoms with E-state index in [2.05, 4.69) is 4.94 Å². The molecule has 0 aliphatic carbocycles. The van der Waals surface area contributed by atoms with Gasteiger partial charge in [-0.2, -0.15) is 0 Å². The number of hydrogen-bond donors (Lipinski definition) is 2. The van der Waals surface area contributed by atoms with Crippen LogP contribution in [0.4, 0.5) is 4.53 Å². The van der Waals surface area contributed by atoms with Gasteiger partial charge in [-0.15, -0.1) is 0 Å². The highest BCUT2D eigenvalue weighted by atomic mass is 19.3. The number of hydrogen-bond acceptors (Lipinski definition) is 5. The lowest BCUT2D eigenvalue weighted by Crippen LogP contribution is -2.21. The van der Waals surface area contributed by atoms with Crippen molar-refractivity contribution in [1.82, 2.24) is 4.98 Å². The van der Waals surface area contributed by atoms with Crippen LogP contribution >= 0.6 is 0 Å². The first-order chi connectivity index (χ1) is 15.2. The molecule has 0 aliphatic rings. The van der Waals surface area contributed by atoms with Gasteiger partial charge in [0.2, 0.25) is 0 Å². The molecule has 1 aromatic heterocycles. The number of nitrogens with zero attached hydrogens (tertiary/aromatic N) is 1. The predicted octanol–water partition coefficient (Wildman–Crippen LogP) is 4.49. The number of benzene rings is 3. The molecule has 1 unspecified atom stereocenters. The zero-order valence-electron chi connectivity index (χ0n) is 16.7. The second kappa shape index (κ2) is 9.55. The van der Waals surface area contributed by atoms with Crippen molar-refractivity contribution in [3.63, 3.8) is 0 Å². The molecule has 0 amide bonds. The molecule has 0 saturated heterocycles. The Hall–Kier alpha value is -3.48. The van der Waals surface area contributed by atoms with E-state index in [9.17, 15) is 9.63 Å². The molecule has 4 aromatic rings. The van der Waals surface area contributed by atoms with E-state index in [1.54, 1.807) is 18.2 Å². The topological polar surface area (TPSA) is 71.8 Å². The van der Waals surface area contributed by atoms with Crippen LogP contribution in [-0.4, -0.2) is 34.5 Å². The predicted molar refractivity (Wildman–Crippen MR) is 117 cm³/mol. The Morgan fingerprint density at radius 2 is 1.71 bits per heavy atom. The molecule has 0 radical (unpaired) electrons. The van der Waals surface area contributed by atoms with E-state index in [0.29, 0.717) is 12.2 Å². The zero-order valence-corrected chi connectivity index (χ0v) is 16.7. The fourth-order valence-corrected chi connectivity index (χ4v) is 3.38. The van der Waals surface area contributed by atoms with E-state index >= 15 is 0 Å². The highest BCUT2D eigenvalue weighted by Crippen LogP contribution is 2.27. The van der Waals surface area contributed by atoms with E-state index in [-0.39, 0.29) is 19.0 Å². The Bertz CT molecular complexity index is 1160. The maximum absolute atomic E-state index is 12.6. The van der Waals surface area contributed by atoms with Crippen LogP contribution in [0.25, 0.3) is 22.2 Å². The van der Waals surface area contributed by atoms with Gasteiger partial charge < -0.3 is 14.9 Å². The summed E-state index contributed by atoms with van der Waals surface area (Å²) >= 11 is 0. The number of aliphatic hydroxyl groups is 2. The molecule has 0 fully saturated rings. The number of halogens is 1. The molecule has 1 heterocycles. The Morgan fingerprint density at radius 3 is 2.48 bits per heavy atom. The molecule has 1 atom stereocenters. The standard InChI is InChI=1S/C25H22FNO4/c26-31-23-6-2-4-19(14-23)24-12-9-18-3-1-5-20(25(18)27-24)13-17-7-10-22(11-8-17)30-16-21(29)15-28/h1-12,14,21,28-29H,13,15-16H2. The van der Waals surface area contributed by atoms with Gasteiger partial charge >= 0.3 is 0 Å². The lowest BCUT2D eigenvalue weighted by molar-refractivity contribution is -0.00614. The van der Waals surface area contributed by atoms with Gasteiger partial charge in [-0.3, -0.25) is 4.94 Å². The van der Waals surface area contributed by atoms with Crippen LogP contribution in [-0.2, 0) is 6.42 Å². The summed E-state index contributed by atoms with van der Waals surface area (Å²) in [6.07, 6.45) is -0.214. The normalized spacial score (nSPS) is 12.0. The monoisotopic (exact) mass is 419 g/mol. The minimum Gasteiger partial charge on any atom is -0.491 e. The zero-order chi connectivity index (χ0) is 21.6. The first-order valence-corrected chi connectivity index (χ1v) is 9.94. The van der Waals surface area contributed by atoms with Crippen LogP contribution in [0, 0.1) is 0 Å². The third-order valence-corrected chi connectivity index (χ3v) is 4.99. The minimum atomic E-state index is -0.896. The summed E-state index contributed by atoms with van der Waals surface area (Å²) in [5, 5.41) is 19.3. The molecule has 4 rings (SSSR count). The van der Waals surface area contributed by atoms with Gasteiger partial charge in [0.25, 0.3) is 0 Å². The number of ether oxygens (including phenoxy) is 1.